The molecule has 0 saturated heterocycles. The molecule has 0 aromatic rings. The molecule has 0 N–H and O–H groups in total. The van der Waals surface area contributed by atoms with Crippen molar-refractivity contribution in [1.29, 1.82) is 0 Å². The summed E-state index contributed by atoms with van der Waals surface area (Å²) in [6, 6.07) is 0. The molecule has 0 aromatic carbocycles. The quantitative estimate of drug-likeness (QED) is 0.682. The standard InChI is InChI=1S/C16H24O2/c1-5-18-15(17)9-7-6-8-14-10-13(2)11-16(3,4)12-14/h6,8,10H,2,5,7,9,11-12H2,1,3-4H3/b8-6+. The Bertz CT molecular complexity index is 373. The highest BCUT2D eigenvalue weighted by atomic mass is 16.5. The average molecular weight is 248 g/mol. The predicted molar refractivity (Wildman–Crippen MR) is 75.2 cm³/mol. The van der Waals surface area contributed by atoms with Crippen LogP contribution < -0.4 is 0 Å². The van der Waals surface area contributed by atoms with Crippen LogP contribution in [-0.4, -0.2) is 12.6 Å². The van der Waals surface area contributed by atoms with Crippen LogP contribution in [0.5, 0.6) is 0 Å². The molecule has 0 amide bonds. The first kappa shape index (κ1) is 14.7. The molecule has 2 nitrogen and oxygen atoms in total. The van der Waals surface area contributed by atoms with Crippen LogP contribution in [0, 0.1) is 5.41 Å². The summed E-state index contributed by atoms with van der Waals surface area (Å²) in [5, 5.41) is 0. The second kappa shape index (κ2) is 6.58. The molecule has 0 bridgehead atoms. The van der Waals surface area contributed by atoms with Crippen LogP contribution in [-0.2, 0) is 9.53 Å². The molecule has 2 heteroatoms. The van der Waals surface area contributed by atoms with E-state index in [-0.39, 0.29) is 5.97 Å². The number of hydrogen-bond donors (Lipinski definition) is 0. The van der Waals surface area contributed by atoms with E-state index in [1.54, 1.807) is 0 Å². The maximum Gasteiger partial charge on any atom is 0.306 e. The molecule has 0 atom stereocenters. The van der Waals surface area contributed by atoms with E-state index in [0.717, 1.165) is 19.3 Å². The Morgan fingerprint density at radius 1 is 1.50 bits per heavy atom. The third-order valence-corrected chi connectivity index (χ3v) is 2.93. The normalized spacial score (nSPS) is 18.8. The molecule has 0 radical (unpaired) electrons. The lowest BCUT2D eigenvalue weighted by atomic mass is 9.75. The Hall–Kier alpha value is -1.31. The minimum absolute atomic E-state index is 0.121. The van der Waals surface area contributed by atoms with E-state index in [9.17, 15) is 4.79 Å². The fourth-order valence-corrected chi connectivity index (χ4v) is 2.37. The van der Waals surface area contributed by atoms with Crippen molar-refractivity contribution in [3.8, 4) is 0 Å². The zero-order valence-electron chi connectivity index (χ0n) is 11.8. The summed E-state index contributed by atoms with van der Waals surface area (Å²) >= 11 is 0. The zero-order chi connectivity index (χ0) is 13.6. The second-order valence-electron chi connectivity index (χ2n) is 5.64. The first-order valence-corrected chi connectivity index (χ1v) is 6.63. The van der Waals surface area contributed by atoms with E-state index in [1.165, 1.54) is 11.1 Å². The van der Waals surface area contributed by atoms with Crippen LogP contribution in [0.1, 0.15) is 46.5 Å². The molecule has 0 unspecified atom stereocenters. The highest BCUT2D eigenvalue weighted by Crippen LogP contribution is 2.37. The number of esters is 1. The maximum atomic E-state index is 11.2. The van der Waals surface area contributed by atoms with Gasteiger partial charge in [0.2, 0.25) is 0 Å². The third-order valence-electron chi connectivity index (χ3n) is 2.93. The summed E-state index contributed by atoms with van der Waals surface area (Å²) < 4.78 is 4.88. The van der Waals surface area contributed by atoms with Crippen LogP contribution in [0.15, 0.2) is 36.0 Å². The van der Waals surface area contributed by atoms with E-state index in [2.05, 4.69) is 38.7 Å². The number of hydrogen-bond acceptors (Lipinski definition) is 2. The fourth-order valence-electron chi connectivity index (χ4n) is 2.37. The molecule has 0 heterocycles. The Morgan fingerprint density at radius 2 is 2.22 bits per heavy atom. The summed E-state index contributed by atoms with van der Waals surface area (Å²) in [6.45, 7) is 10.9. The maximum absolute atomic E-state index is 11.2. The van der Waals surface area contributed by atoms with Gasteiger partial charge in [0.25, 0.3) is 0 Å². The van der Waals surface area contributed by atoms with Crippen LogP contribution in [0.4, 0.5) is 0 Å². The minimum Gasteiger partial charge on any atom is -0.466 e. The highest BCUT2D eigenvalue weighted by molar-refractivity contribution is 5.69. The molecule has 0 saturated carbocycles. The number of carbonyl (C=O) groups excluding carboxylic acids is 1. The van der Waals surface area contributed by atoms with Gasteiger partial charge in [0, 0.05) is 6.42 Å². The van der Waals surface area contributed by atoms with Crippen molar-refractivity contribution < 1.29 is 9.53 Å². The van der Waals surface area contributed by atoms with E-state index in [1.807, 2.05) is 6.92 Å². The average Bonchev–Trinajstić information content (AvgIpc) is 2.22. The molecular weight excluding hydrogens is 224 g/mol. The van der Waals surface area contributed by atoms with Gasteiger partial charge < -0.3 is 4.74 Å². The predicted octanol–water partition coefficient (Wildman–Crippen LogP) is 4.19. The molecule has 0 aromatic heterocycles. The Morgan fingerprint density at radius 3 is 2.83 bits per heavy atom. The summed E-state index contributed by atoms with van der Waals surface area (Å²) in [4.78, 5) is 11.2. The Balaban J connectivity index is 2.42. The largest absolute Gasteiger partial charge is 0.466 e. The van der Waals surface area contributed by atoms with E-state index in [0.29, 0.717) is 18.4 Å². The van der Waals surface area contributed by atoms with Gasteiger partial charge in [0.1, 0.15) is 0 Å². The Labute approximate surface area is 110 Å². The lowest BCUT2D eigenvalue weighted by Crippen LogP contribution is -2.16. The number of carbonyl (C=O) groups is 1. The van der Waals surface area contributed by atoms with E-state index in [4.69, 9.17) is 4.74 Å². The second-order valence-corrected chi connectivity index (χ2v) is 5.64. The number of allylic oxidation sites excluding steroid dienone is 5. The minimum atomic E-state index is -0.121. The van der Waals surface area contributed by atoms with Crippen LogP contribution in [0.2, 0.25) is 0 Å². The third kappa shape index (κ3) is 5.35. The molecular formula is C16H24O2. The molecule has 100 valence electrons. The van der Waals surface area contributed by atoms with Gasteiger partial charge >= 0.3 is 5.97 Å². The fraction of sp³-hybridized carbons (Fsp3) is 0.562. The molecule has 0 aliphatic heterocycles. The smallest absolute Gasteiger partial charge is 0.306 e. The molecule has 1 aliphatic rings. The van der Waals surface area contributed by atoms with Crippen molar-refractivity contribution in [3.05, 3.63) is 36.0 Å². The van der Waals surface area contributed by atoms with E-state index >= 15 is 0 Å². The molecule has 1 aliphatic carbocycles. The van der Waals surface area contributed by atoms with Crippen molar-refractivity contribution >= 4 is 5.97 Å². The van der Waals surface area contributed by atoms with Gasteiger partial charge in [-0.15, -0.1) is 0 Å². The van der Waals surface area contributed by atoms with Crippen molar-refractivity contribution in [1.82, 2.24) is 0 Å². The van der Waals surface area contributed by atoms with Crippen molar-refractivity contribution in [2.75, 3.05) is 6.61 Å². The summed E-state index contributed by atoms with van der Waals surface area (Å²) in [7, 11) is 0. The molecule has 0 spiro atoms. The number of ether oxygens (including phenoxy) is 1. The van der Waals surface area contributed by atoms with Gasteiger partial charge in [-0.2, -0.15) is 0 Å². The summed E-state index contributed by atoms with van der Waals surface area (Å²) in [6.07, 6.45) is 9.66. The number of rotatable bonds is 5. The molecule has 0 fully saturated rings. The first-order valence-electron chi connectivity index (χ1n) is 6.63. The van der Waals surface area contributed by atoms with Gasteiger partial charge in [0.15, 0.2) is 0 Å². The highest BCUT2D eigenvalue weighted by Gasteiger charge is 2.23. The van der Waals surface area contributed by atoms with E-state index < -0.39 is 0 Å². The lowest BCUT2D eigenvalue weighted by Gasteiger charge is -2.29. The van der Waals surface area contributed by atoms with Crippen molar-refractivity contribution in [3.63, 3.8) is 0 Å². The Kier molecular flexibility index (Phi) is 5.39. The summed E-state index contributed by atoms with van der Waals surface area (Å²) in [5.41, 5.74) is 2.79. The van der Waals surface area contributed by atoms with Crippen LogP contribution in [0.3, 0.4) is 0 Å². The van der Waals surface area contributed by atoms with Crippen LogP contribution >= 0.6 is 0 Å². The summed E-state index contributed by atoms with van der Waals surface area (Å²) in [5.74, 6) is -0.121. The molecule has 1 rings (SSSR count). The van der Waals surface area contributed by atoms with Gasteiger partial charge in [-0.25, -0.2) is 0 Å². The first-order chi connectivity index (χ1) is 8.43. The van der Waals surface area contributed by atoms with Crippen molar-refractivity contribution in [2.24, 2.45) is 5.41 Å². The van der Waals surface area contributed by atoms with Gasteiger partial charge in [-0.05, 0) is 37.2 Å². The van der Waals surface area contributed by atoms with Gasteiger partial charge in [-0.1, -0.05) is 44.2 Å². The topological polar surface area (TPSA) is 26.3 Å². The lowest BCUT2D eigenvalue weighted by molar-refractivity contribution is -0.142. The van der Waals surface area contributed by atoms with Crippen molar-refractivity contribution in [2.45, 2.75) is 46.5 Å². The van der Waals surface area contributed by atoms with Crippen LogP contribution in [0.25, 0.3) is 0 Å². The zero-order valence-corrected chi connectivity index (χ0v) is 11.8. The van der Waals surface area contributed by atoms with Gasteiger partial charge in [0.05, 0.1) is 6.61 Å². The molecule has 18 heavy (non-hydrogen) atoms. The van der Waals surface area contributed by atoms with Gasteiger partial charge in [-0.3, -0.25) is 4.79 Å². The monoisotopic (exact) mass is 248 g/mol. The SMILES string of the molecule is C=C1C=C(/C=C/CCC(=O)OCC)CC(C)(C)C1.